The Labute approximate surface area is 127 Å². The number of hydrogen-bond acceptors (Lipinski definition) is 3. The molecule has 0 radical (unpaired) electrons. The maximum atomic E-state index is 10.8. The van der Waals surface area contributed by atoms with Crippen molar-refractivity contribution in [3.63, 3.8) is 0 Å². The Bertz CT molecular complexity index is 439. The van der Waals surface area contributed by atoms with Crippen LogP contribution in [0.5, 0.6) is 0 Å². The van der Waals surface area contributed by atoms with Crippen LogP contribution in [0.2, 0.25) is 0 Å². The normalized spacial score (nSPS) is 15.7. The summed E-state index contributed by atoms with van der Waals surface area (Å²) < 4.78 is 0. The number of carboxylic acids is 1. The van der Waals surface area contributed by atoms with Gasteiger partial charge in [0.15, 0.2) is 0 Å². The molecule has 0 atom stereocenters. The van der Waals surface area contributed by atoms with Crippen molar-refractivity contribution in [2.45, 2.75) is 32.7 Å². The minimum Gasteiger partial charge on any atom is -0.478 e. The highest BCUT2D eigenvalue weighted by Crippen LogP contribution is 2.10. The summed E-state index contributed by atoms with van der Waals surface area (Å²) in [6, 6.07) is 7.23. The van der Waals surface area contributed by atoms with Gasteiger partial charge in [-0.2, -0.15) is 0 Å². The number of aromatic carboxylic acids is 1. The van der Waals surface area contributed by atoms with E-state index in [1.54, 1.807) is 12.1 Å². The molecule has 1 aromatic carbocycles. The van der Waals surface area contributed by atoms with Crippen molar-refractivity contribution >= 4 is 5.97 Å². The molecular formula is C17H26N2O2. The molecule has 0 saturated carbocycles. The molecule has 4 heteroatoms. The van der Waals surface area contributed by atoms with Gasteiger partial charge in [-0.25, -0.2) is 4.79 Å². The first-order valence-electron chi connectivity index (χ1n) is 7.96. The van der Waals surface area contributed by atoms with E-state index < -0.39 is 5.97 Å². The van der Waals surface area contributed by atoms with E-state index >= 15 is 0 Å². The maximum absolute atomic E-state index is 10.8. The maximum Gasteiger partial charge on any atom is 0.335 e. The monoisotopic (exact) mass is 290 g/mol. The molecule has 0 bridgehead atoms. The predicted molar refractivity (Wildman–Crippen MR) is 84.6 cm³/mol. The lowest BCUT2D eigenvalue weighted by molar-refractivity contribution is 0.0697. The van der Waals surface area contributed by atoms with Crippen LogP contribution in [0, 0.1) is 0 Å². The third-order valence-corrected chi connectivity index (χ3v) is 4.20. The van der Waals surface area contributed by atoms with Crippen molar-refractivity contribution in [1.29, 1.82) is 0 Å². The van der Waals surface area contributed by atoms with Gasteiger partial charge >= 0.3 is 5.97 Å². The number of rotatable bonds is 8. The van der Waals surface area contributed by atoms with Crippen molar-refractivity contribution in [3.05, 3.63) is 35.4 Å². The Morgan fingerprint density at radius 3 is 2.48 bits per heavy atom. The molecule has 1 saturated heterocycles. The van der Waals surface area contributed by atoms with Crippen molar-refractivity contribution < 1.29 is 9.90 Å². The van der Waals surface area contributed by atoms with Crippen LogP contribution in [0.25, 0.3) is 0 Å². The molecule has 0 spiro atoms. The van der Waals surface area contributed by atoms with Gasteiger partial charge in [-0.3, -0.25) is 4.90 Å². The van der Waals surface area contributed by atoms with Crippen LogP contribution in [0.4, 0.5) is 0 Å². The van der Waals surface area contributed by atoms with Gasteiger partial charge < -0.3 is 10.0 Å². The number of nitrogens with zero attached hydrogens (tertiary/aromatic N) is 2. The Kier molecular flexibility index (Phi) is 6.21. The smallest absolute Gasteiger partial charge is 0.335 e. The molecule has 0 amide bonds. The lowest BCUT2D eigenvalue weighted by Gasteiger charge is -2.22. The highest BCUT2D eigenvalue weighted by molar-refractivity contribution is 5.87. The molecule has 1 heterocycles. The molecule has 21 heavy (non-hydrogen) atoms. The molecule has 2 rings (SSSR count). The zero-order valence-corrected chi connectivity index (χ0v) is 12.9. The minimum absolute atomic E-state index is 0.357. The number of benzene rings is 1. The third-order valence-electron chi connectivity index (χ3n) is 4.20. The Hall–Kier alpha value is -1.39. The van der Waals surface area contributed by atoms with Gasteiger partial charge in [0.05, 0.1) is 5.56 Å². The van der Waals surface area contributed by atoms with Crippen LogP contribution in [0.3, 0.4) is 0 Å². The van der Waals surface area contributed by atoms with Crippen LogP contribution in [-0.4, -0.2) is 53.6 Å². The van der Waals surface area contributed by atoms with Gasteiger partial charge in [-0.05, 0) is 69.7 Å². The lowest BCUT2D eigenvalue weighted by atomic mass is 10.1. The first-order valence-corrected chi connectivity index (χ1v) is 7.96. The van der Waals surface area contributed by atoms with Gasteiger partial charge in [0.2, 0.25) is 0 Å². The number of carbonyl (C=O) groups is 1. The van der Waals surface area contributed by atoms with Gasteiger partial charge in [-0.1, -0.05) is 19.1 Å². The second-order valence-electron chi connectivity index (χ2n) is 5.77. The summed E-state index contributed by atoms with van der Waals surface area (Å²) >= 11 is 0. The molecule has 0 aliphatic carbocycles. The molecule has 4 nitrogen and oxygen atoms in total. The Morgan fingerprint density at radius 2 is 1.90 bits per heavy atom. The van der Waals surface area contributed by atoms with E-state index in [1.165, 1.54) is 44.5 Å². The van der Waals surface area contributed by atoms with Gasteiger partial charge in [0.1, 0.15) is 0 Å². The molecule has 1 fully saturated rings. The fourth-order valence-electron chi connectivity index (χ4n) is 2.88. The molecular weight excluding hydrogens is 264 g/mol. The SMILES string of the molecule is CCN(CCCN1CCCC1)Cc1ccc(C(=O)O)cc1. The second-order valence-corrected chi connectivity index (χ2v) is 5.77. The fourth-order valence-corrected chi connectivity index (χ4v) is 2.88. The van der Waals surface area contributed by atoms with E-state index in [4.69, 9.17) is 5.11 Å². The zero-order valence-electron chi connectivity index (χ0n) is 12.9. The quantitative estimate of drug-likeness (QED) is 0.799. The number of carboxylic acid groups (broad SMARTS) is 1. The molecule has 0 aromatic heterocycles. The first kappa shape index (κ1) is 16.0. The fraction of sp³-hybridized carbons (Fsp3) is 0.588. The summed E-state index contributed by atoms with van der Waals surface area (Å²) in [7, 11) is 0. The molecule has 1 aliphatic rings. The van der Waals surface area contributed by atoms with Crippen molar-refractivity contribution in [1.82, 2.24) is 9.80 Å². The van der Waals surface area contributed by atoms with Crippen molar-refractivity contribution in [3.8, 4) is 0 Å². The van der Waals surface area contributed by atoms with Crippen molar-refractivity contribution in [2.75, 3.05) is 32.7 Å². The van der Waals surface area contributed by atoms with E-state index in [1.807, 2.05) is 12.1 Å². The zero-order chi connectivity index (χ0) is 15.1. The Balaban J connectivity index is 1.76. The lowest BCUT2D eigenvalue weighted by Crippen LogP contribution is -2.28. The summed E-state index contributed by atoms with van der Waals surface area (Å²) in [5.74, 6) is -0.862. The van der Waals surface area contributed by atoms with Crippen LogP contribution in [-0.2, 0) is 6.54 Å². The van der Waals surface area contributed by atoms with Crippen LogP contribution < -0.4 is 0 Å². The molecule has 1 aliphatic heterocycles. The van der Waals surface area contributed by atoms with E-state index in [0.29, 0.717) is 5.56 Å². The van der Waals surface area contributed by atoms with E-state index in [9.17, 15) is 4.79 Å². The van der Waals surface area contributed by atoms with Crippen LogP contribution in [0.1, 0.15) is 42.1 Å². The van der Waals surface area contributed by atoms with E-state index in [2.05, 4.69) is 16.7 Å². The summed E-state index contributed by atoms with van der Waals surface area (Å²) in [4.78, 5) is 15.8. The van der Waals surface area contributed by atoms with E-state index in [-0.39, 0.29) is 0 Å². The highest BCUT2D eigenvalue weighted by Gasteiger charge is 2.11. The largest absolute Gasteiger partial charge is 0.478 e. The standard InChI is InChI=1S/C17H26N2O2/c1-2-18(12-5-13-19-10-3-4-11-19)14-15-6-8-16(9-7-15)17(20)21/h6-9H,2-5,10-14H2,1H3,(H,20,21). The first-order chi connectivity index (χ1) is 10.2. The predicted octanol–water partition coefficient (Wildman–Crippen LogP) is 2.69. The minimum atomic E-state index is -0.862. The molecule has 116 valence electrons. The van der Waals surface area contributed by atoms with Crippen LogP contribution in [0.15, 0.2) is 24.3 Å². The third kappa shape index (κ3) is 5.14. The second kappa shape index (κ2) is 8.15. The van der Waals surface area contributed by atoms with E-state index in [0.717, 1.165) is 19.6 Å². The van der Waals surface area contributed by atoms with Gasteiger partial charge in [0, 0.05) is 6.54 Å². The van der Waals surface area contributed by atoms with Crippen molar-refractivity contribution in [2.24, 2.45) is 0 Å². The highest BCUT2D eigenvalue weighted by atomic mass is 16.4. The Morgan fingerprint density at radius 1 is 1.24 bits per heavy atom. The summed E-state index contributed by atoms with van der Waals surface area (Å²) in [6.07, 6.45) is 3.92. The molecule has 1 N–H and O–H groups in total. The number of likely N-dealkylation sites (tertiary alicyclic amines) is 1. The molecule has 0 unspecified atom stereocenters. The van der Waals surface area contributed by atoms with Gasteiger partial charge in [0.25, 0.3) is 0 Å². The molecule has 1 aromatic rings. The average Bonchev–Trinajstić information content (AvgIpc) is 3.00. The summed E-state index contributed by atoms with van der Waals surface area (Å²) in [5.41, 5.74) is 1.54. The van der Waals surface area contributed by atoms with Crippen LogP contribution >= 0.6 is 0 Å². The number of hydrogen-bond donors (Lipinski definition) is 1. The topological polar surface area (TPSA) is 43.8 Å². The average molecular weight is 290 g/mol. The summed E-state index contributed by atoms with van der Waals surface area (Å²) in [5, 5.41) is 8.91. The summed E-state index contributed by atoms with van der Waals surface area (Å²) in [6.45, 7) is 8.95. The van der Waals surface area contributed by atoms with Gasteiger partial charge in [-0.15, -0.1) is 0 Å².